The lowest BCUT2D eigenvalue weighted by molar-refractivity contribution is 0.0512. The largest absolute Gasteiger partial charge is 0.464 e. The van der Waals surface area contributed by atoms with E-state index in [1.165, 1.54) is 7.11 Å². The summed E-state index contributed by atoms with van der Waals surface area (Å²) < 4.78 is 10.7. The Morgan fingerprint density at radius 1 is 1.31 bits per heavy atom. The molecule has 0 bridgehead atoms. The number of rotatable bonds is 3. The van der Waals surface area contributed by atoms with E-state index in [1.807, 2.05) is 0 Å². The van der Waals surface area contributed by atoms with Gasteiger partial charge in [0, 0.05) is 11.6 Å². The molecule has 0 saturated heterocycles. The van der Waals surface area contributed by atoms with Crippen LogP contribution in [0.2, 0.25) is 10.0 Å². The van der Waals surface area contributed by atoms with E-state index in [1.54, 1.807) is 12.1 Å². The van der Waals surface area contributed by atoms with Crippen molar-refractivity contribution in [3.05, 3.63) is 26.7 Å². The molecule has 0 aliphatic carbocycles. The predicted molar refractivity (Wildman–Crippen MR) is 56.7 cm³/mol. The SMILES string of the molecule is COCOc1c(Cl)cc(Br)cc1Cl. The van der Waals surface area contributed by atoms with Gasteiger partial charge in [-0.05, 0) is 12.1 Å². The summed E-state index contributed by atoms with van der Waals surface area (Å²) in [5.74, 6) is 0.438. The molecule has 0 unspecified atom stereocenters. The molecule has 5 heteroatoms. The summed E-state index contributed by atoms with van der Waals surface area (Å²) in [4.78, 5) is 0. The fourth-order valence-corrected chi connectivity index (χ4v) is 2.10. The first-order valence-electron chi connectivity index (χ1n) is 3.41. The van der Waals surface area contributed by atoms with E-state index < -0.39 is 0 Å². The minimum absolute atomic E-state index is 0.126. The predicted octanol–water partition coefficient (Wildman–Crippen LogP) is 3.74. The van der Waals surface area contributed by atoms with E-state index in [2.05, 4.69) is 15.9 Å². The number of methoxy groups -OCH3 is 1. The number of hydrogen-bond donors (Lipinski definition) is 0. The lowest BCUT2D eigenvalue weighted by Crippen LogP contribution is -1.99. The number of hydrogen-bond acceptors (Lipinski definition) is 2. The lowest BCUT2D eigenvalue weighted by Gasteiger charge is -2.08. The van der Waals surface area contributed by atoms with Crippen LogP contribution in [0, 0.1) is 0 Å². The highest BCUT2D eigenvalue weighted by Gasteiger charge is 2.08. The fraction of sp³-hybridized carbons (Fsp3) is 0.250. The molecule has 0 saturated carbocycles. The van der Waals surface area contributed by atoms with Gasteiger partial charge in [-0.15, -0.1) is 0 Å². The van der Waals surface area contributed by atoms with Crippen LogP contribution in [0.3, 0.4) is 0 Å². The Morgan fingerprint density at radius 2 is 1.85 bits per heavy atom. The van der Waals surface area contributed by atoms with Gasteiger partial charge in [-0.1, -0.05) is 39.1 Å². The molecule has 72 valence electrons. The van der Waals surface area contributed by atoms with Gasteiger partial charge in [0.05, 0.1) is 10.0 Å². The van der Waals surface area contributed by atoms with Crippen molar-refractivity contribution >= 4 is 39.1 Å². The van der Waals surface area contributed by atoms with Crippen LogP contribution in [0.15, 0.2) is 16.6 Å². The minimum Gasteiger partial charge on any atom is -0.464 e. The summed E-state index contributed by atoms with van der Waals surface area (Å²) in [6, 6.07) is 3.41. The molecular weight excluding hydrogens is 279 g/mol. The Bertz CT molecular complexity index is 281. The maximum Gasteiger partial charge on any atom is 0.188 e. The molecule has 0 radical (unpaired) electrons. The van der Waals surface area contributed by atoms with E-state index in [0.717, 1.165) is 4.47 Å². The second-order valence-electron chi connectivity index (χ2n) is 2.25. The maximum absolute atomic E-state index is 5.88. The quantitative estimate of drug-likeness (QED) is 0.788. The molecule has 2 nitrogen and oxygen atoms in total. The molecule has 0 fully saturated rings. The molecule has 13 heavy (non-hydrogen) atoms. The van der Waals surface area contributed by atoms with Gasteiger partial charge in [-0.25, -0.2) is 0 Å². The number of benzene rings is 1. The highest BCUT2D eigenvalue weighted by atomic mass is 79.9. The first-order chi connectivity index (χ1) is 6.15. The maximum atomic E-state index is 5.88. The van der Waals surface area contributed by atoms with Crippen molar-refractivity contribution < 1.29 is 9.47 Å². The number of ether oxygens (including phenoxy) is 2. The zero-order chi connectivity index (χ0) is 9.84. The van der Waals surface area contributed by atoms with Crippen LogP contribution in [0.25, 0.3) is 0 Å². The standard InChI is InChI=1S/C8H7BrCl2O2/c1-12-4-13-8-6(10)2-5(9)3-7(8)11/h2-3H,4H2,1H3. The van der Waals surface area contributed by atoms with Gasteiger partial charge in [0.1, 0.15) is 0 Å². The van der Waals surface area contributed by atoms with Crippen LogP contribution in [0.4, 0.5) is 0 Å². The van der Waals surface area contributed by atoms with Gasteiger partial charge in [0.25, 0.3) is 0 Å². The molecule has 0 heterocycles. The third kappa shape index (κ3) is 3.02. The summed E-state index contributed by atoms with van der Waals surface area (Å²) >= 11 is 15.0. The highest BCUT2D eigenvalue weighted by molar-refractivity contribution is 9.10. The Balaban J connectivity index is 2.92. The summed E-state index contributed by atoms with van der Waals surface area (Å²) in [6.45, 7) is 0.126. The molecule has 0 aliphatic heterocycles. The van der Waals surface area contributed by atoms with Crippen molar-refractivity contribution in [2.24, 2.45) is 0 Å². The van der Waals surface area contributed by atoms with Gasteiger partial charge >= 0.3 is 0 Å². The fourth-order valence-electron chi connectivity index (χ4n) is 0.785. The van der Waals surface area contributed by atoms with Crippen LogP contribution in [0.1, 0.15) is 0 Å². The van der Waals surface area contributed by atoms with Crippen LogP contribution in [-0.2, 0) is 4.74 Å². The molecular formula is C8H7BrCl2O2. The monoisotopic (exact) mass is 284 g/mol. The second-order valence-corrected chi connectivity index (χ2v) is 3.98. The van der Waals surface area contributed by atoms with Gasteiger partial charge in [-0.2, -0.15) is 0 Å². The summed E-state index contributed by atoms with van der Waals surface area (Å²) in [7, 11) is 1.53. The van der Waals surface area contributed by atoms with Crippen LogP contribution >= 0.6 is 39.1 Å². The molecule has 1 aromatic carbocycles. The molecule has 0 aromatic heterocycles. The van der Waals surface area contributed by atoms with E-state index in [0.29, 0.717) is 15.8 Å². The Kier molecular flexibility index (Phi) is 4.32. The van der Waals surface area contributed by atoms with Crippen molar-refractivity contribution in [2.45, 2.75) is 0 Å². The minimum atomic E-state index is 0.126. The zero-order valence-corrected chi connectivity index (χ0v) is 9.91. The Morgan fingerprint density at radius 3 is 2.31 bits per heavy atom. The van der Waals surface area contributed by atoms with Crippen molar-refractivity contribution in [2.75, 3.05) is 13.9 Å². The van der Waals surface area contributed by atoms with Gasteiger partial charge in [-0.3, -0.25) is 0 Å². The van der Waals surface area contributed by atoms with Crippen molar-refractivity contribution in [3.63, 3.8) is 0 Å². The van der Waals surface area contributed by atoms with Crippen molar-refractivity contribution in [1.82, 2.24) is 0 Å². The van der Waals surface area contributed by atoms with E-state index in [4.69, 9.17) is 32.7 Å². The first-order valence-corrected chi connectivity index (χ1v) is 4.96. The molecule has 1 rings (SSSR count). The third-order valence-electron chi connectivity index (χ3n) is 1.28. The highest BCUT2D eigenvalue weighted by Crippen LogP contribution is 2.35. The van der Waals surface area contributed by atoms with Crippen molar-refractivity contribution in [1.29, 1.82) is 0 Å². The average Bonchev–Trinajstić information content (AvgIpc) is 2.02. The molecule has 0 N–H and O–H groups in total. The van der Waals surface area contributed by atoms with Gasteiger partial charge in [0.2, 0.25) is 0 Å². The summed E-state index contributed by atoms with van der Waals surface area (Å²) in [6.07, 6.45) is 0. The molecule has 0 atom stereocenters. The summed E-state index contributed by atoms with van der Waals surface area (Å²) in [5.41, 5.74) is 0. The number of halogens is 3. The van der Waals surface area contributed by atoms with Crippen LogP contribution < -0.4 is 4.74 Å². The Labute approximate surface area is 94.9 Å². The normalized spacial score (nSPS) is 10.2. The topological polar surface area (TPSA) is 18.5 Å². The smallest absolute Gasteiger partial charge is 0.188 e. The molecule has 0 aliphatic rings. The van der Waals surface area contributed by atoms with Crippen molar-refractivity contribution in [3.8, 4) is 5.75 Å². The van der Waals surface area contributed by atoms with E-state index in [9.17, 15) is 0 Å². The molecule has 0 spiro atoms. The first kappa shape index (κ1) is 11.1. The molecule has 1 aromatic rings. The summed E-state index contributed by atoms with van der Waals surface area (Å²) in [5, 5.41) is 0.910. The lowest BCUT2D eigenvalue weighted by atomic mass is 10.3. The third-order valence-corrected chi connectivity index (χ3v) is 2.30. The van der Waals surface area contributed by atoms with Crippen LogP contribution in [0.5, 0.6) is 5.75 Å². The average molecular weight is 286 g/mol. The van der Waals surface area contributed by atoms with E-state index in [-0.39, 0.29) is 6.79 Å². The Hall–Kier alpha value is 0.0400. The second kappa shape index (κ2) is 5.05. The van der Waals surface area contributed by atoms with Gasteiger partial charge < -0.3 is 9.47 Å². The molecule has 0 amide bonds. The van der Waals surface area contributed by atoms with Gasteiger partial charge in [0.15, 0.2) is 12.5 Å². The van der Waals surface area contributed by atoms with Crippen LogP contribution in [-0.4, -0.2) is 13.9 Å². The zero-order valence-electron chi connectivity index (χ0n) is 6.81. The van der Waals surface area contributed by atoms with E-state index >= 15 is 0 Å².